The molecule has 0 bridgehead atoms. The van der Waals surface area contributed by atoms with Crippen LogP contribution in [0.5, 0.6) is 0 Å². The summed E-state index contributed by atoms with van der Waals surface area (Å²) in [6, 6.07) is 5.87. The molecule has 4 heteroatoms. The Labute approximate surface area is 96.2 Å². The van der Waals surface area contributed by atoms with E-state index in [0.29, 0.717) is 10.9 Å². The van der Waals surface area contributed by atoms with Crippen LogP contribution in [0, 0.1) is 11.3 Å². The van der Waals surface area contributed by atoms with Crippen LogP contribution in [0.4, 0.5) is 0 Å². The molecule has 1 aromatic rings. The number of alkyl halides is 1. The maximum absolute atomic E-state index is 8.79. The van der Waals surface area contributed by atoms with Crippen molar-refractivity contribution < 1.29 is 0 Å². The molecule has 0 saturated carbocycles. The van der Waals surface area contributed by atoms with Gasteiger partial charge in [-0.05, 0) is 17.7 Å². The molecular weight excluding hydrogens is 350 g/mol. The lowest BCUT2D eigenvalue weighted by Gasteiger charge is -2.03. The zero-order valence-electron chi connectivity index (χ0n) is 5.94. The Bertz CT molecular complexity index is 341. The van der Waals surface area contributed by atoms with Crippen LogP contribution in [-0.2, 0) is 5.33 Å². The van der Waals surface area contributed by atoms with Crippen molar-refractivity contribution in [2.45, 2.75) is 5.33 Å². The molecule has 1 rings (SSSR count). The second kappa shape index (κ2) is 4.40. The van der Waals surface area contributed by atoms with E-state index in [0.717, 1.165) is 14.5 Å². The lowest BCUT2D eigenvalue weighted by molar-refractivity contribution is 1.33. The van der Waals surface area contributed by atoms with Crippen molar-refractivity contribution in [2.75, 3.05) is 0 Å². The highest BCUT2D eigenvalue weighted by Crippen LogP contribution is 2.27. The standard InChI is InChI=1S/C8H4Br3N/c9-3-7-5(4-12)1-6(10)2-8(7)11/h1-2H,3H2. The predicted molar refractivity (Wildman–Crippen MR) is 59.2 cm³/mol. The van der Waals surface area contributed by atoms with Crippen molar-refractivity contribution in [1.29, 1.82) is 5.26 Å². The Balaban J connectivity index is 3.36. The van der Waals surface area contributed by atoms with Crippen molar-refractivity contribution in [3.05, 3.63) is 32.2 Å². The van der Waals surface area contributed by atoms with Gasteiger partial charge in [0.25, 0.3) is 0 Å². The van der Waals surface area contributed by atoms with Crippen molar-refractivity contribution >= 4 is 47.8 Å². The van der Waals surface area contributed by atoms with Gasteiger partial charge in [0.15, 0.2) is 0 Å². The third-order valence-corrected chi connectivity index (χ3v) is 3.14. The van der Waals surface area contributed by atoms with Crippen LogP contribution in [0.3, 0.4) is 0 Å². The fourth-order valence-electron chi connectivity index (χ4n) is 0.839. The molecule has 12 heavy (non-hydrogen) atoms. The molecule has 0 N–H and O–H groups in total. The van der Waals surface area contributed by atoms with Gasteiger partial charge in [-0.3, -0.25) is 0 Å². The maximum atomic E-state index is 8.79. The van der Waals surface area contributed by atoms with E-state index in [2.05, 4.69) is 53.9 Å². The first-order valence-electron chi connectivity index (χ1n) is 3.13. The van der Waals surface area contributed by atoms with Crippen molar-refractivity contribution in [3.63, 3.8) is 0 Å². The van der Waals surface area contributed by atoms with Crippen LogP contribution in [0.15, 0.2) is 21.1 Å². The molecule has 0 aliphatic carbocycles. The summed E-state index contributed by atoms with van der Waals surface area (Å²) >= 11 is 10.0. The second-order valence-corrected chi connectivity index (χ2v) is 4.49. The Morgan fingerprint density at radius 3 is 2.50 bits per heavy atom. The zero-order chi connectivity index (χ0) is 9.14. The fourth-order valence-corrected chi connectivity index (χ4v) is 3.18. The Morgan fingerprint density at radius 2 is 2.00 bits per heavy atom. The first kappa shape index (κ1) is 10.2. The van der Waals surface area contributed by atoms with E-state index < -0.39 is 0 Å². The number of nitrogens with zero attached hydrogens (tertiary/aromatic N) is 1. The normalized spacial score (nSPS) is 9.50. The monoisotopic (exact) mass is 351 g/mol. The number of benzene rings is 1. The molecule has 0 fully saturated rings. The minimum Gasteiger partial charge on any atom is -0.192 e. The molecule has 0 aliphatic heterocycles. The maximum Gasteiger partial charge on any atom is 0.0995 e. The molecule has 0 heterocycles. The molecule has 0 saturated heterocycles. The Hall–Kier alpha value is 0.150. The zero-order valence-corrected chi connectivity index (χ0v) is 10.7. The largest absolute Gasteiger partial charge is 0.192 e. The van der Waals surface area contributed by atoms with E-state index in [9.17, 15) is 0 Å². The van der Waals surface area contributed by atoms with E-state index >= 15 is 0 Å². The molecule has 0 amide bonds. The summed E-state index contributed by atoms with van der Waals surface area (Å²) in [7, 11) is 0. The van der Waals surface area contributed by atoms with Crippen LogP contribution in [0.1, 0.15) is 11.1 Å². The van der Waals surface area contributed by atoms with Gasteiger partial charge in [-0.2, -0.15) is 5.26 Å². The molecule has 0 atom stereocenters. The van der Waals surface area contributed by atoms with Gasteiger partial charge in [0.2, 0.25) is 0 Å². The number of halogens is 3. The molecule has 62 valence electrons. The molecular formula is C8H4Br3N. The van der Waals surface area contributed by atoms with Crippen molar-refractivity contribution in [3.8, 4) is 6.07 Å². The third-order valence-electron chi connectivity index (χ3n) is 1.41. The van der Waals surface area contributed by atoms with Crippen molar-refractivity contribution in [1.82, 2.24) is 0 Å². The van der Waals surface area contributed by atoms with Gasteiger partial charge in [-0.15, -0.1) is 0 Å². The van der Waals surface area contributed by atoms with Crippen LogP contribution in [0.2, 0.25) is 0 Å². The van der Waals surface area contributed by atoms with E-state index in [-0.39, 0.29) is 0 Å². The fraction of sp³-hybridized carbons (Fsp3) is 0.125. The topological polar surface area (TPSA) is 23.8 Å². The Morgan fingerprint density at radius 1 is 1.33 bits per heavy atom. The summed E-state index contributed by atoms with van der Waals surface area (Å²) in [5.41, 5.74) is 1.67. The quantitative estimate of drug-likeness (QED) is 0.701. The SMILES string of the molecule is N#Cc1cc(Br)cc(Br)c1CBr. The summed E-state index contributed by atoms with van der Waals surface area (Å²) in [6.45, 7) is 0. The summed E-state index contributed by atoms with van der Waals surface area (Å²) in [4.78, 5) is 0. The predicted octanol–water partition coefficient (Wildman–Crippen LogP) is 3.98. The average molecular weight is 354 g/mol. The highest BCUT2D eigenvalue weighted by Gasteiger charge is 2.06. The number of nitriles is 1. The summed E-state index contributed by atoms with van der Waals surface area (Å²) in [5, 5.41) is 9.47. The van der Waals surface area contributed by atoms with Crippen LogP contribution in [0.25, 0.3) is 0 Å². The molecule has 0 spiro atoms. The molecule has 1 aromatic carbocycles. The molecule has 0 unspecified atom stereocenters. The van der Waals surface area contributed by atoms with Gasteiger partial charge < -0.3 is 0 Å². The second-order valence-electron chi connectivity index (χ2n) is 2.16. The summed E-state index contributed by atoms with van der Waals surface area (Å²) in [5.74, 6) is 0. The Kier molecular flexibility index (Phi) is 3.76. The number of rotatable bonds is 1. The van der Waals surface area contributed by atoms with E-state index in [1.54, 1.807) is 6.07 Å². The smallest absolute Gasteiger partial charge is 0.0995 e. The lowest BCUT2D eigenvalue weighted by Crippen LogP contribution is -1.87. The van der Waals surface area contributed by atoms with Gasteiger partial charge in [-0.25, -0.2) is 0 Å². The van der Waals surface area contributed by atoms with Crippen LogP contribution >= 0.6 is 47.8 Å². The minimum absolute atomic E-state index is 0.684. The van der Waals surface area contributed by atoms with E-state index in [1.807, 2.05) is 6.07 Å². The highest BCUT2D eigenvalue weighted by molar-refractivity contribution is 9.11. The van der Waals surface area contributed by atoms with Crippen LogP contribution < -0.4 is 0 Å². The van der Waals surface area contributed by atoms with Crippen molar-refractivity contribution in [2.24, 2.45) is 0 Å². The number of hydrogen-bond acceptors (Lipinski definition) is 1. The van der Waals surface area contributed by atoms with Gasteiger partial charge in [0.1, 0.15) is 0 Å². The summed E-state index contributed by atoms with van der Waals surface area (Å²) < 4.78 is 1.86. The van der Waals surface area contributed by atoms with Gasteiger partial charge in [0.05, 0.1) is 11.6 Å². The highest BCUT2D eigenvalue weighted by atomic mass is 79.9. The lowest BCUT2D eigenvalue weighted by atomic mass is 10.1. The number of hydrogen-bond donors (Lipinski definition) is 0. The first-order chi connectivity index (χ1) is 5.69. The van der Waals surface area contributed by atoms with E-state index in [4.69, 9.17) is 5.26 Å². The minimum atomic E-state index is 0.684. The van der Waals surface area contributed by atoms with E-state index in [1.165, 1.54) is 0 Å². The molecule has 0 radical (unpaired) electrons. The molecule has 0 aliphatic rings. The third kappa shape index (κ3) is 2.09. The van der Waals surface area contributed by atoms with Gasteiger partial charge in [-0.1, -0.05) is 47.8 Å². The summed E-state index contributed by atoms with van der Waals surface area (Å²) in [6.07, 6.45) is 0. The molecule has 0 aromatic heterocycles. The average Bonchev–Trinajstić information content (AvgIpc) is 2.03. The van der Waals surface area contributed by atoms with Gasteiger partial charge >= 0.3 is 0 Å². The first-order valence-corrected chi connectivity index (χ1v) is 5.83. The molecule has 1 nitrogen and oxygen atoms in total. The van der Waals surface area contributed by atoms with Crippen LogP contribution in [-0.4, -0.2) is 0 Å². The van der Waals surface area contributed by atoms with Gasteiger partial charge in [0, 0.05) is 14.3 Å².